The minimum atomic E-state index is 0.642. The molecular formula is C15H31NS. The van der Waals surface area contributed by atoms with Gasteiger partial charge in [0.1, 0.15) is 0 Å². The van der Waals surface area contributed by atoms with Crippen LogP contribution >= 0.6 is 11.8 Å². The third-order valence-electron chi connectivity index (χ3n) is 4.02. The van der Waals surface area contributed by atoms with Gasteiger partial charge in [-0.3, -0.25) is 0 Å². The van der Waals surface area contributed by atoms with Gasteiger partial charge in [-0.2, -0.15) is 11.8 Å². The standard InChI is InChI=1S/C15H31NS/c1-14(2)12-16-13-15(10-7-11-17-3)8-5-4-6-9-15/h14,16H,4-13H2,1-3H3. The topological polar surface area (TPSA) is 12.0 Å². The molecule has 1 aliphatic rings. The number of thioether (sulfide) groups is 1. The Bertz CT molecular complexity index is 185. The van der Waals surface area contributed by atoms with Crippen LogP contribution < -0.4 is 5.32 Å². The SMILES string of the molecule is CSCCCC1(CNCC(C)C)CCCCC1. The van der Waals surface area contributed by atoms with Gasteiger partial charge in [0.25, 0.3) is 0 Å². The fourth-order valence-corrected chi connectivity index (χ4v) is 3.47. The molecule has 0 bridgehead atoms. The predicted molar refractivity (Wildman–Crippen MR) is 80.8 cm³/mol. The molecule has 0 unspecified atom stereocenters. The Morgan fingerprint density at radius 3 is 2.47 bits per heavy atom. The van der Waals surface area contributed by atoms with Crippen LogP contribution in [0.4, 0.5) is 0 Å². The minimum Gasteiger partial charge on any atom is -0.316 e. The van der Waals surface area contributed by atoms with E-state index in [0.29, 0.717) is 5.41 Å². The molecule has 1 N–H and O–H groups in total. The molecule has 2 heteroatoms. The summed E-state index contributed by atoms with van der Waals surface area (Å²) in [7, 11) is 0. The zero-order chi connectivity index (χ0) is 12.6. The summed E-state index contributed by atoms with van der Waals surface area (Å²) in [6.07, 6.45) is 12.4. The van der Waals surface area contributed by atoms with Gasteiger partial charge in [0.05, 0.1) is 0 Å². The Morgan fingerprint density at radius 1 is 1.18 bits per heavy atom. The zero-order valence-corrected chi connectivity index (χ0v) is 12.9. The van der Waals surface area contributed by atoms with Gasteiger partial charge in [0.2, 0.25) is 0 Å². The first-order valence-electron chi connectivity index (χ1n) is 7.38. The average Bonchev–Trinajstić information content (AvgIpc) is 2.30. The van der Waals surface area contributed by atoms with Crippen molar-refractivity contribution in [3.63, 3.8) is 0 Å². The molecule has 0 aromatic heterocycles. The van der Waals surface area contributed by atoms with Gasteiger partial charge in [-0.15, -0.1) is 0 Å². The van der Waals surface area contributed by atoms with E-state index in [2.05, 4.69) is 25.4 Å². The highest BCUT2D eigenvalue weighted by Crippen LogP contribution is 2.39. The second kappa shape index (κ2) is 8.42. The highest BCUT2D eigenvalue weighted by molar-refractivity contribution is 7.98. The summed E-state index contributed by atoms with van der Waals surface area (Å²) in [6.45, 7) is 7.05. The Balaban J connectivity index is 2.34. The van der Waals surface area contributed by atoms with Crippen LogP contribution in [0.2, 0.25) is 0 Å². The molecule has 1 saturated carbocycles. The first kappa shape index (κ1) is 15.4. The predicted octanol–water partition coefficient (Wildman–Crippen LogP) is 4.33. The summed E-state index contributed by atoms with van der Waals surface area (Å²) >= 11 is 2.00. The summed E-state index contributed by atoms with van der Waals surface area (Å²) in [5.74, 6) is 2.12. The van der Waals surface area contributed by atoms with Crippen molar-refractivity contribution in [3.8, 4) is 0 Å². The van der Waals surface area contributed by atoms with Crippen LogP contribution in [0, 0.1) is 11.3 Å². The van der Waals surface area contributed by atoms with Gasteiger partial charge < -0.3 is 5.32 Å². The average molecular weight is 257 g/mol. The van der Waals surface area contributed by atoms with Crippen molar-refractivity contribution < 1.29 is 0 Å². The maximum atomic E-state index is 3.72. The lowest BCUT2D eigenvalue weighted by Crippen LogP contribution is -2.37. The molecule has 102 valence electrons. The number of hydrogen-bond acceptors (Lipinski definition) is 2. The molecule has 1 aliphatic carbocycles. The van der Waals surface area contributed by atoms with Gasteiger partial charge in [-0.1, -0.05) is 33.1 Å². The molecule has 0 spiro atoms. The number of nitrogens with one attached hydrogen (secondary N) is 1. The second-order valence-electron chi connectivity index (χ2n) is 6.18. The molecule has 0 radical (unpaired) electrons. The van der Waals surface area contributed by atoms with Crippen LogP contribution in [0.25, 0.3) is 0 Å². The van der Waals surface area contributed by atoms with Crippen molar-refractivity contribution in [2.45, 2.75) is 58.8 Å². The van der Waals surface area contributed by atoms with E-state index in [0.717, 1.165) is 5.92 Å². The van der Waals surface area contributed by atoms with E-state index in [1.165, 1.54) is 63.8 Å². The molecule has 0 aromatic carbocycles. The third kappa shape index (κ3) is 6.15. The zero-order valence-electron chi connectivity index (χ0n) is 12.1. The molecule has 1 fully saturated rings. The van der Waals surface area contributed by atoms with Crippen molar-refractivity contribution in [1.82, 2.24) is 5.32 Å². The molecule has 1 rings (SSSR count). The lowest BCUT2D eigenvalue weighted by molar-refractivity contribution is 0.164. The van der Waals surface area contributed by atoms with Crippen molar-refractivity contribution in [3.05, 3.63) is 0 Å². The van der Waals surface area contributed by atoms with Gasteiger partial charge in [0.15, 0.2) is 0 Å². The minimum absolute atomic E-state index is 0.642. The third-order valence-corrected chi connectivity index (χ3v) is 4.72. The largest absolute Gasteiger partial charge is 0.316 e. The van der Waals surface area contributed by atoms with E-state index >= 15 is 0 Å². The highest BCUT2D eigenvalue weighted by Gasteiger charge is 2.30. The van der Waals surface area contributed by atoms with Crippen molar-refractivity contribution in [1.29, 1.82) is 0 Å². The second-order valence-corrected chi connectivity index (χ2v) is 7.17. The first-order chi connectivity index (χ1) is 8.18. The van der Waals surface area contributed by atoms with Gasteiger partial charge >= 0.3 is 0 Å². The quantitative estimate of drug-likeness (QED) is 0.650. The van der Waals surface area contributed by atoms with E-state index < -0.39 is 0 Å². The molecule has 0 aromatic rings. The van der Waals surface area contributed by atoms with Crippen molar-refractivity contribution >= 4 is 11.8 Å². The fourth-order valence-electron chi connectivity index (χ4n) is 3.03. The molecule has 0 aliphatic heterocycles. The van der Waals surface area contributed by atoms with Crippen LogP contribution in [0.15, 0.2) is 0 Å². The van der Waals surface area contributed by atoms with Crippen LogP contribution in [0.3, 0.4) is 0 Å². The lowest BCUT2D eigenvalue weighted by Gasteiger charge is -2.38. The van der Waals surface area contributed by atoms with Crippen molar-refractivity contribution in [2.75, 3.05) is 25.1 Å². The molecule has 0 saturated heterocycles. The summed E-state index contributed by atoms with van der Waals surface area (Å²) in [5, 5.41) is 3.72. The highest BCUT2D eigenvalue weighted by atomic mass is 32.2. The van der Waals surface area contributed by atoms with E-state index in [1.807, 2.05) is 11.8 Å². The molecule has 0 heterocycles. The van der Waals surface area contributed by atoms with Gasteiger partial charge in [0, 0.05) is 6.54 Å². The van der Waals surface area contributed by atoms with E-state index in [9.17, 15) is 0 Å². The Kier molecular flexibility index (Phi) is 7.61. The van der Waals surface area contributed by atoms with Crippen LogP contribution in [0.1, 0.15) is 58.8 Å². The lowest BCUT2D eigenvalue weighted by atomic mass is 9.71. The molecule has 0 atom stereocenters. The molecule has 0 amide bonds. The maximum absolute atomic E-state index is 3.72. The van der Waals surface area contributed by atoms with Crippen LogP contribution in [-0.4, -0.2) is 25.1 Å². The first-order valence-corrected chi connectivity index (χ1v) is 8.78. The van der Waals surface area contributed by atoms with Crippen LogP contribution in [0.5, 0.6) is 0 Å². The smallest absolute Gasteiger partial charge is 0.000792 e. The number of hydrogen-bond donors (Lipinski definition) is 1. The van der Waals surface area contributed by atoms with Gasteiger partial charge in [-0.05, 0) is 55.6 Å². The van der Waals surface area contributed by atoms with E-state index in [1.54, 1.807) is 0 Å². The summed E-state index contributed by atoms with van der Waals surface area (Å²) in [6, 6.07) is 0. The molecule has 1 nitrogen and oxygen atoms in total. The Labute approximate surface area is 113 Å². The van der Waals surface area contributed by atoms with Crippen molar-refractivity contribution in [2.24, 2.45) is 11.3 Å². The summed E-state index contributed by atoms with van der Waals surface area (Å²) < 4.78 is 0. The molecule has 17 heavy (non-hydrogen) atoms. The Hall–Kier alpha value is 0.310. The van der Waals surface area contributed by atoms with E-state index in [-0.39, 0.29) is 0 Å². The maximum Gasteiger partial charge on any atom is 0.000792 e. The van der Waals surface area contributed by atoms with Crippen LogP contribution in [-0.2, 0) is 0 Å². The molecular weight excluding hydrogens is 226 g/mol. The Morgan fingerprint density at radius 2 is 1.88 bits per heavy atom. The summed E-state index contributed by atoms with van der Waals surface area (Å²) in [4.78, 5) is 0. The summed E-state index contributed by atoms with van der Waals surface area (Å²) in [5.41, 5.74) is 0.642. The number of rotatable bonds is 8. The monoisotopic (exact) mass is 257 g/mol. The van der Waals surface area contributed by atoms with E-state index in [4.69, 9.17) is 0 Å². The van der Waals surface area contributed by atoms with Gasteiger partial charge in [-0.25, -0.2) is 0 Å². The fraction of sp³-hybridized carbons (Fsp3) is 1.00. The normalized spacial score (nSPS) is 19.8.